The Balaban J connectivity index is 0. The van der Waals surface area contributed by atoms with Gasteiger partial charge in [0.1, 0.15) is 0 Å². The molecule has 0 heterocycles. The molecule has 0 aliphatic rings. The fourth-order valence-corrected chi connectivity index (χ4v) is 0.167. The molecule has 0 aliphatic carbocycles. The van der Waals surface area contributed by atoms with E-state index in [1.54, 1.807) is 0 Å². The first-order chi connectivity index (χ1) is 2.41. The van der Waals surface area contributed by atoms with E-state index in [-0.39, 0.29) is 12.4 Å². The number of quaternary nitrogens is 1. The van der Waals surface area contributed by atoms with Gasteiger partial charge in [-0.2, -0.15) is 0 Å². The zero-order valence-corrected chi connectivity index (χ0v) is 4.70. The summed E-state index contributed by atoms with van der Waals surface area (Å²) in [6.45, 7) is 4.55. The molecule has 0 fully saturated rings. The first-order valence-corrected chi connectivity index (χ1v) is 1.80. The molecule has 0 saturated carbocycles. The van der Waals surface area contributed by atoms with Crippen LogP contribution < -0.4 is 17.7 Å². The number of hydrogen-bond acceptors (Lipinski definition) is 0. The Morgan fingerprint density at radius 2 is 2.33 bits per heavy atom. The molecule has 0 saturated heterocycles. The van der Waals surface area contributed by atoms with Gasteiger partial charge in [0, 0.05) is 0 Å². The smallest absolute Gasteiger partial charge is 0.0937 e. The molecular formula is C4H10ClN. The van der Waals surface area contributed by atoms with E-state index < -0.39 is 0 Å². The molecule has 0 aromatic heterocycles. The van der Waals surface area contributed by atoms with Crippen molar-refractivity contribution in [2.45, 2.75) is 0 Å². The van der Waals surface area contributed by atoms with Gasteiger partial charge in [-0.15, -0.1) is 0 Å². The first-order valence-electron chi connectivity index (χ1n) is 1.80. The highest BCUT2D eigenvalue weighted by Gasteiger charge is 1.61. The largest absolute Gasteiger partial charge is 1.00 e. The summed E-state index contributed by atoms with van der Waals surface area (Å²) in [5, 5.41) is 2.06. The number of hydrogen-bond donors (Lipinski definition) is 1. The van der Waals surface area contributed by atoms with E-state index in [0.717, 1.165) is 6.54 Å². The van der Waals surface area contributed by atoms with Crippen molar-refractivity contribution in [2.75, 3.05) is 13.6 Å². The molecule has 2 N–H and O–H groups in total. The topological polar surface area (TPSA) is 16.6 Å². The van der Waals surface area contributed by atoms with Crippen LogP contribution in [0.1, 0.15) is 0 Å². The standard InChI is InChI=1S/C4H9N.ClH/c1-3-4-5-2;/h3,5H,1,4H2,2H3;1H. The van der Waals surface area contributed by atoms with Crippen molar-refractivity contribution >= 4 is 0 Å². The molecule has 38 valence electrons. The maximum absolute atomic E-state index is 3.52. The lowest BCUT2D eigenvalue weighted by Gasteiger charge is -1.76. The third-order valence-electron chi connectivity index (χ3n) is 0.402. The molecule has 2 heteroatoms. The van der Waals surface area contributed by atoms with E-state index in [0.29, 0.717) is 0 Å². The summed E-state index contributed by atoms with van der Waals surface area (Å²) in [4.78, 5) is 0. The van der Waals surface area contributed by atoms with Gasteiger partial charge in [-0.1, -0.05) is 6.58 Å². The Morgan fingerprint density at radius 3 is 2.33 bits per heavy atom. The minimum Gasteiger partial charge on any atom is -1.00 e. The predicted molar refractivity (Wildman–Crippen MR) is 22.9 cm³/mol. The SMILES string of the molecule is C=CC[NH2+]C.[Cl-]. The molecule has 0 bridgehead atoms. The summed E-state index contributed by atoms with van der Waals surface area (Å²) in [6, 6.07) is 0. The lowest BCUT2D eigenvalue weighted by molar-refractivity contribution is -0.617. The van der Waals surface area contributed by atoms with Crippen LogP contribution in [0.5, 0.6) is 0 Å². The van der Waals surface area contributed by atoms with E-state index in [2.05, 4.69) is 11.9 Å². The fourth-order valence-electron chi connectivity index (χ4n) is 0.167. The lowest BCUT2D eigenvalue weighted by atomic mass is 10.6. The highest BCUT2D eigenvalue weighted by Crippen LogP contribution is 1.38. The highest BCUT2D eigenvalue weighted by atomic mass is 35.5. The molecule has 0 aromatic carbocycles. The lowest BCUT2D eigenvalue weighted by Crippen LogP contribution is -3.00. The molecule has 0 radical (unpaired) electrons. The number of likely N-dealkylation sites (N-methyl/N-ethyl adjacent to an activating group) is 1. The molecule has 0 spiro atoms. The molecular weight excluding hydrogens is 97.5 g/mol. The van der Waals surface area contributed by atoms with E-state index in [4.69, 9.17) is 0 Å². The van der Waals surface area contributed by atoms with Gasteiger partial charge < -0.3 is 17.7 Å². The van der Waals surface area contributed by atoms with Crippen molar-refractivity contribution in [1.82, 2.24) is 0 Å². The van der Waals surface area contributed by atoms with Gasteiger partial charge in [0.15, 0.2) is 0 Å². The first kappa shape index (κ1) is 9.37. The number of rotatable bonds is 2. The maximum Gasteiger partial charge on any atom is 0.0937 e. The summed E-state index contributed by atoms with van der Waals surface area (Å²) in [5.74, 6) is 0. The molecule has 6 heavy (non-hydrogen) atoms. The Labute approximate surface area is 44.8 Å². The van der Waals surface area contributed by atoms with Gasteiger partial charge in [-0.25, -0.2) is 0 Å². The molecule has 0 atom stereocenters. The average Bonchev–Trinajstić information content (AvgIpc) is 1.41. The predicted octanol–water partition coefficient (Wildman–Crippen LogP) is -3.63. The van der Waals surface area contributed by atoms with Crippen LogP contribution in [0.4, 0.5) is 0 Å². The third-order valence-corrected chi connectivity index (χ3v) is 0.402. The summed E-state index contributed by atoms with van der Waals surface area (Å²) < 4.78 is 0. The van der Waals surface area contributed by atoms with Crippen LogP contribution in [0, 0.1) is 0 Å². The Morgan fingerprint density at radius 1 is 1.83 bits per heavy atom. The molecule has 0 unspecified atom stereocenters. The van der Waals surface area contributed by atoms with Crippen molar-refractivity contribution in [3.63, 3.8) is 0 Å². The third kappa shape index (κ3) is 9.01. The second-order valence-electron chi connectivity index (χ2n) is 0.933. The highest BCUT2D eigenvalue weighted by molar-refractivity contribution is 4.60. The number of halogens is 1. The summed E-state index contributed by atoms with van der Waals surface area (Å²) in [6.07, 6.45) is 1.88. The summed E-state index contributed by atoms with van der Waals surface area (Å²) in [7, 11) is 2.02. The second-order valence-corrected chi connectivity index (χ2v) is 0.933. The van der Waals surface area contributed by atoms with Crippen molar-refractivity contribution in [3.05, 3.63) is 12.7 Å². The van der Waals surface area contributed by atoms with E-state index in [1.807, 2.05) is 13.1 Å². The van der Waals surface area contributed by atoms with Gasteiger partial charge in [0.05, 0.1) is 13.6 Å². The summed E-state index contributed by atoms with van der Waals surface area (Å²) >= 11 is 0. The second kappa shape index (κ2) is 8.89. The van der Waals surface area contributed by atoms with Crippen molar-refractivity contribution in [3.8, 4) is 0 Å². The van der Waals surface area contributed by atoms with Gasteiger partial charge >= 0.3 is 0 Å². The van der Waals surface area contributed by atoms with Crippen LogP contribution >= 0.6 is 0 Å². The minimum absolute atomic E-state index is 0. The zero-order chi connectivity index (χ0) is 4.12. The van der Waals surface area contributed by atoms with E-state index >= 15 is 0 Å². The van der Waals surface area contributed by atoms with Crippen LogP contribution in [-0.4, -0.2) is 13.6 Å². The van der Waals surface area contributed by atoms with Crippen LogP contribution in [-0.2, 0) is 0 Å². The fraction of sp³-hybridized carbons (Fsp3) is 0.500. The Kier molecular flexibility index (Phi) is 13.9. The zero-order valence-electron chi connectivity index (χ0n) is 3.95. The molecule has 1 nitrogen and oxygen atoms in total. The van der Waals surface area contributed by atoms with Gasteiger partial charge in [-0.3, -0.25) is 0 Å². The minimum atomic E-state index is 0. The van der Waals surface area contributed by atoms with Crippen molar-refractivity contribution in [1.29, 1.82) is 0 Å². The normalized spacial score (nSPS) is 6.17. The molecule has 0 rings (SSSR count). The summed E-state index contributed by atoms with van der Waals surface area (Å²) in [5.41, 5.74) is 0. The Hall–Kier alpha value is -0.0100. The van der Waals surface area contributed by atoms with Crippen molar-refractivity contribution in [2.24, 2.45) is 0 Å². The van der Waals surface area contributed by atoms with E-state index in [1.165, 1.54) is 0 Å². The van der Waals surface area contributed by atoms with Crippen LogP contribution in [0.3, 0.4) is 0 Å². The van der Waals surface area contributed by atoms with Gasteiger partial charge in [0.25, 0.3) is 0 Å². The van der Waals surface area contributed by atoms with Crippen LogP contribution in [0.2, 0.25) is 0 Å². The van der Waals surface area contributed by atoms with Crippen LogP contribution in [0.15, 0.2) is 12.7 Å². The maximum atomic E-state index is 3.52. The molecule has 0 amide bonds. The monoisotopic (exact) mass is 107 g/mol. The van der Waals surface area contributed by atoms with Gasteiger partial charge in [0.2, 0.25) is 0 Å². The van der Waals surface area contributed by atoms with Gasteiger partial charge in [-0.05, 0) is 6.08 Å². The van der Waals surface area contributed by atoms with Crippen LogP contribution in [0.25, 0.3) is 0 Å². The van der Waals surface area contributed by atoms with Crippen molar-refractivity contribution < 1.29 is 17.7 Å². The molecule has 0 aliphatic heterocycles. The average molecular weight is 108 g/mol. The number of nitrogens with two attached hydrogens (primary N) is 1. The quantitative estimate of drug-likeness (QED) is 0.351. The Bertz CT molecular complexity index is 28.7. The van der Waals surface area contributed by atoms with E-state index in [9.17, 15) is 0 Å². The molecule has 0 aromatic rings.